The molecule has 0 spiro atoms. The Labute approximate surface area is 206 Å². The Morgan fingerprint density at radius 1 is 1.08 bits per heavy atom. The van der Waals surface area contributed by atoms with E-state index in [1.807, 2.05) is 30.3 Å². The van der Waals surface area contributed by atoms with Crippen LogP contribution in [0.4, 0.5) is 8.78 Å². The lowest BCUT2D eigenvalue weighted by Gasteiger charge is -2.35. The highest BCUT2D eigenvalue weighted by molar-refractivity contribution is 5.99. The second kappa shape index (κ2) is 9.93. The standard InChI is InChI=1S/C27H25F2N3O4/c28-19-10-9-18(22(29)12-19)13-30-26(34)21-15-32-20-8-4-5-11-31(14-20)27(35)23(32)25(24(21)33)36-16-17-6-2-1-3-7-17/h1-3,6-7,9-10,12,15,20H,4-5,8,11,13-14,16H2,(H,30,34). The van der Waals surface area contributed by atoms with Crippen LogP contribution in [0.25, 0.3) is 0 Å². The molecule has 2 aliphatic heterocycles. The van der Waals surface area contributed by atoms with Crippen molar-refractivity contribution in [3.05, 3.63) is 99.0 Å². The van der Waals surface area contributed by atoms with E-state index in [0.717, 1.165) is 37.0 Å². The average Bonchev–Trinajstić information content (AvgIpc) is 3.10. The lowest BCUT2D eigenvalue weighted by atomic mass is 10.1. The van der Waals surface area contributed by atoms with E-state index in [4.69, 9.17) is 4.74 Å². The third kappa shape index (κ3) is 4.60. The normalized spacial score (nSPS) is 16.8. The van der Waals surface area contributed by atoms with Crippen molar-refractivity contribution in [2.24, 2.45) is 0 Å². The third-order valence-corrected chi connectivity index (χ3v) is 6.65. The Balaban J connectivity index is 1.52. The second-order valence-corrected chi connectivity index (χ2v) is 9.05. The maximum absolute atomic E-state index is 14.0. The molecule has 5 rings (SSSR count). The van der Waals surface area contributed by atoms with E-state index in [-0.39, 0.29) is 47.7 Å². The SMILES string of the molecule is O=C(NCc1ccc(F)cc1F)c1cn2c(c(OCc3ccccc3)c1=O)C(=O)N1CCCCC2C1. The van der Waals surface area contributed by atoms with Crippen LogP contribution in [0, 0.1) is 11.6 Å². The minimum Gasteiger partial charge on any atom is -0.483 e. The first-order valence-electron chi connectivity index (χ1n) is 11.9. The third-order valence-electron chi connectivity index (χ3n) is 6.65. The number of carbonyl (C=O) groups is 2. The Morgan fingerprint density at radius 3 is 2.67 bits per heavy atom. The van der Waals surface area contributed by atoms with Gasteiger partial charge in [0.2, 0.25) is 5.43 Å². The van der Waals surface area contributed by atoms with Gasteiger partial charge in [0.15, 0.2) is 11.4 Å². The molecular formula is C27H25F2N3O4. The summed E-state index contributed by atoms with van der Waals surface area (Å²) in [6.07, 6.45) is 3.97. The van der Waals surface area contributed by atoms with Gasteiger partial charge in [-0.2, -0.15) is 0 Å². The highest BCUT2D eigenvalue weighted by Crippen LogP contribution is 2.32. The first kappa shape index (κ1) is 23.7. The zero-order valence-electron chi connectivity index (χ0n) is 19.5. The lowest BCUT2D eigenvalue weighted by molar-refractivity contribution is 0.0673. The van der Waals surface area contributed by atoms with Crippen molar-refractivity contribution < 1.29 is 23.1 Å². The van der Waals surface area contributed by atoms with Crippen molar-refractivity contribution in [2.45, 2.75) is 38.5 Å². The number of halogens is 2. The molecule has 186 valence electrons. The fraction of sp³-hybridized carbons (Fsp3) is 0.296. The van der Waals surface area contributed by atoms with Crippen molar-refractivity contribution in [3.8, 4) is 5.75 Å². The van der Waals surface area contributed by atoms with E-state index >= 15 is 0 Å². The van der Waals surface area contributed by atoms with Crippen LogP contribution in [0.1, 0.15) is 57.3 Å². The van der Waals surface area contributed by atoms with Crippen LogP contribution in [0.5, 0.6) is 5.75 Å². The summed E-state index contributed by atoms with van der Waals surface area (Å²) in [5.41, 5.74) is 0.128. The molecule has 36 heavy (non-hydrogen) atoms. The number of pyridine rings is 1. The fourth-order valence-electron chi connectivity index (χ4n) is 4.75. The van der Waals surface area contributed by atoms with E-state index in [1.54, 1.807) is 9.47 Å². The molecule has 1 fully saturated rings. The molecule has 1 unspecified atom stereocenters. The Morgan fingerprint density at radius 2 is 1.89 bits per heavy atom. The summed E-state index contributed by atoms with van der Waals surface area (Å²) in [7, 11) is 0. The number of amides is 2. The lowest BCUT2D eigenvalue weighted by Crippen LogP contribution is -2.44. The van der Waals surface area contributed by atoms with Crippen LogP contribution in [0.2, 0.25) is 0 Å². The number of rotatable bonds is 6. The van der Waals surface area contributed by atoms with Crippen molar-refractivity contribution in [2.75, 3.05) is 13.1 Å². The largest absolute Gasteiger partial charge is 0.483 e. The molecule has 7 nitrogen and oxygen atoms in total. The van der Waals surface area contributed by atoms with E-state index in [0.29, 0.717) is 13.1 Å². The van der Waals surface area contributed by atoms with Crippen molar-refractivity contribution in [1.82, 2.24) is 14.8 Å². The molecule has 3 aromatic rings. The zero-order chi connectivity index (χ0) is 25.2. The van der Waals surface area contributed by atoms with Crippen molar-refractivity contribution in [3.63, 3.8) is 0 Å². The number of hydrogen-bond acceptors (Lipinski definition) is 4. The van der Waals surface area contributed by atoms with Gasteiger partial charge in [0, 0.05) is 37.5 Å². The molecule has 2 aromatic carbocycles. The molecular weight excluding hydrogens is 468 g/mol. The quantitative estimate of drug-likeness (QED) is 0.566. The maximum Gasteiger partial charge on any atom is 0.274 e. The molecule has 1 N–H and O–H groups in total. The van der Waals surface area contributed by atoms with Gasteiger partial charge in [-0.25, -0.2) is 8.78 Å². The summed E-state index contributed by atoms with van der Waals surface area (Å²) < 4.78 is 34.9. The average molecular weight is 494 g/mol. The van der Waals surface area contributed by atoms with Crippen LogP contribution in [-0.2, 0) is 13.2 Å². The molecule has 9 heteroatoms. The van der Waals surface area contributed by atoms with Gasteiger partial charge in [-0.3, -0.25) is 14.4 Å². The van der Waals surface area contributed by atoms with Gasteiger partial charge in [0.05, 0.1) is 6.04 Å². The minimum absolute atomic E-state index is 0.0485. The molecule has 1 atom stereocenters. The van der Waals surface area contributed by atoms with Gasteiger partial charge >= 0.3 is 0 Å². The van der Waals surface area contributed by atoms with Crippen molar-refractivity contribution >= 4 is 11.8 Å². The van der Waals surface area contributed by atoms with Gasteiger partial charge < -0.3 is 19.5 Å². The number of ether oxygens (including phenoxy) is 1. The van der Waals surface area contributed by atoms with Crippen LogP contribution < -0.4 is 15.5 Å². The molecule has 0 saturated carbocycles. The van der Waals surface area contributed by atoms with E-state index in [9.17, 15) is 23.2 Å². The fourth-order valence-corrected chi connectivity index (χ4v) is 4.75. The Kier molecular flexibility index (Phi) is 6.54. The van der Waals surface area contributed by atoms with E-state index in [2.05, 4.69) is 5.32 Å². The number of hydrogen-bond donors (Lipinski definition) is 1. The van der Waals surface area contributed by atoms with E-state index < -0.39 is 23.0 Å². The number of fused-ring (bicyclic) bond motifs is 4. The van der Waals surface area contributed by atoms with Crippen molar-refractivity contribution in [1.29, 1.82) is 0 Å². The Hall–Kier alpha value is -4.01. The molecule has 2 bridgehead atoms. The Bertz CT molecular complexity index is 1370. The summed E-state index contributed by atoms with van der Waals surface area (Å²) in [6, 6.07) is 12.2. The highest BCUT2D eigenvalue weighted by Gasteiger charge is 2.37. The van der Waals surface area contributed by atoms with Gasteiger partial charge in [-0.15, -0.1) is 0 Å². The molecule has 0 aliphatic carbocycles. The number of nitrogens with one attached hydrogen (secondary N) is 1. The van der Waals surface area contributed by atoms with Crippen LogP contribution in [-0.4, -0.2) is 34.4 Å². The number of nitrogens with zero attached hydrogens (tertiary/aromatic N) is 2. The molecule has 0 radical (unpaired) electrons. The zero-order valence-corrected chi connectivity index (χ0v) is 19.5. The smallest absolute Gasteiger partial charge is 0.274 e. The van der Waals surface area contributed by atoms with Crippen LogP contribution >= 0.6 is 0 Å². The second-order valence-electron chi connectivity index (χ2n) is 9.05. The first-order valence-corrected chi connectivity index (χ1v) is 11.9. The number of aromatic nitrogens is 1. The van der Waals surface area contributed by atoms with Gasteiger partial charge in [0.25, 0.3) is 11.8 Å². The summed E-state index contributed by atoms with van der Waals surface area (Å²) in [5, 5.41) is 2.54. The summed E-state index contributed by atoms with van der Waals surface area (Å²) in [5.74, 6) is -2.71. The minimum atomic E-state index is -0.798. The van der Waals surface area contributed by atoms with Gasteiger partial charge in [-0.05, 0) is 30.9 Å². The number of benzene rings is 2. The summed E-state index contributed by atoms with van der Waals surface area (Å²) in [4.78, 5) is 41.6. The topological polar surface area (TPSA) is 80.6 Å². The van der Waals surface area contributed by atoms with E-state index in [1.165, 1.54) is 12.3 Å². The first-order chi connectivity index (χ1) is 17.4. The molecule has 1 aromatic heterocycles. The van der Waals surface area contributed by atoms with Gasteiger partial charge in [0.1, 0.15) is 23.8 Å². The molecule has 3 heterocycles. The monoisotopic (exact) mass is 493 g/mol. The molecule has 1 saturated heterocycles. The predicted molar refractivity (Wildman–Crippen MR) is 128 cm³/mol. The highest BCUT2D eigenvalue weighted by atomic mass is 19.1. The summed E-state index contributed by atoms with van der Waals surface area (Å²) >= 11 is 0. The molecule has 2 amide bonds. The molecule has 2 aliphatic rings. The predicted octanol–water partition coefficient (Wildman–Crippen LogP) is 3.82. The van der Waals surface area contributed by atoms with Gasteiger partial charge in [-0.1, -0.05) is 36.4 Å². The maximum atomic E-state index is 14.0. The summed E-state index contributed by atoms with van der Waals surface area (Å²) in [6.45, 7) is 0.914. The van der Waals surface area contributed by atoms with Crippen LogP contribution in [0.15, 0.2) is 59.5 Å². The number of carbonyl (C=O) groups excluding carboxylic acids is 2. The van der Waals surface area contributed by atoms with Crippen LogP contribution in [0.3, 0.4) is 0 Å².